The van der Waals surface area contributed by atoms with Crippen molar-refractivity contribution in [1.29, 1.82) is 0 Å². The van der Waals surface area contributed by atoms with E-state index in [1.54, 1.807) is 31.6 Å². The topological polar surface area (TPSA) is 71.5 Å². The molecule has 6 nitrogen and oxygen atoms in total. The third-order valence-electron chi connectivity index (χ3n) is 6.22. The average Bonchev–Trinajstić information content (AvgIpc) is 3.01. The SMILES string of the molecule is COc1cccc([C@@H]2C[C@]3(C)NC(=O)CCCC[C@@H]3N2C(=O)c2ccncc2)c1. The minimum absolute atomic E-state index is 0.0243. The zero-order chi connectivity index (χ0) is 20.4. The fraction of sp³-hybridized carbons (Fsp3) is 0.435. The summed E-state index contributed by atoms with van der Waals surface area (Å²) in [7, 11) is 1.64. The summed E-state index contributed by atoms with van der Waals surface area (Å²) >= 11 is 0. The number of aromatic nitrogens is 1. The van der Waals surface area contributed by atoms with E-state index in [1.807, 2.05) is 29.2 Å². The number of pyridine rings is 1. The number of ether oxygens (including phenoxy) is 1. The molecule has 3 heterocycles. The predicted molar refractivity (Wildman–Crippen MR) is 110 cm³/mol. The molecule has 1 aromatic carbocycles. The lowest BCUT2D eigenvalue weighted by Crippen LogP contribution is -2.56. The van der Waals surface area contributed by atoms with Crippen molar-refractivity contribution in [1.82, 2.24) is 15.2 Å². The number of nitrogens with zero attached hydrogens (tertiary/aromatic N) is 2. The molecule has 0 saturated carbocycles. The first-order valence-electron chi connectivity index (χ1n) is 10.2. The molecule has 2 amide bonds. The molecule has 29 heavy (non-hydrogen) atoms. The fourth-order valence-corrected chi connectivity index (χ4v) is 4.81. The lowest BCUT2D eigenvalue weighted by Gasteiger charge is -2.38. The molecule has 4 rings (SSSR count). The molecule has 0 spiro atoms. The van der Waals surface area contributed by atoms with Crippen LogP contribution in [0.15, 0.2) is 48.8 Å². The standard InChI is InChI=1S/C23H27N3O3/c1-23-15-19(17-6-5-7-18(14-17)29-2)26(22(28)16-10-12-24-13-11-16)20(23)8-3-4-9-21(27)25-23/h5-7,10-14,19-20H,3-4,8-9,15H2,1-2H3,(H,25,27)/t19-,20-,23-/m0/s1. The van der Waals surface area contributed by atoms with Crippen LogP contribution in [0.2, 0.25) is 0 Å². The van der Waals surface area contributed by atoms with Crippen molar-refractivity contribution in [2.24, 2.45) is 0 Å². The van der Waals surface area contributed by atoms with Gasteiger partial charge < -0.3 is 15.0 Å². The fourth-order valence-electron chi connectivity index (χ4n) is 4.81. The van der Waals surface area contributed by atoms with Gasteiger partial charge >= 0.3 is 0 Å². The van der Waals surface area contributed by atoms with Gasteiger partial charge in [0.2, 0.25) is 5.91 Å². The molecular formula is C23H27N3O3. The van der Waals surface area contributed by atoms with Crippen LogP contribution in [0.25, 0.3) is 0 Å². The predicted octanol–water partition coefficient (Wildman–Crippen LogP) is 3.49. The van der Waals surface area contributed by atoms with Crippen LogP contribution in [0.1, 0.15) is 61.0 Å². The quantitative estimate of drug-likeness (QED) is 0.866. The molecule has 6 heteroatoms. The number of hydrogen-bond donors (Lipinski definition) is 1. The van der Waals surface area contributed by atoms with Crippen LogP contribution in [0, 0.1) is 0 Å². The van der Waals surface area contributed by atoms with Gasteiger partial charge in [-0.15, -0.1) is 0 Å². The Labute approximate surface area is 171 Å². The molecule has 0 aliphatic carbocycles. The van der Waals surface area contributed by atoms with Gasteiger partial charge in [-0.3, -0.25) is 14.6 Å². The van der Waals surface area contributed by atoms with E-state index < -0.39 is 5.54 Å². The van der Waals surface area contributed by atoms with E-state index in [9.17, 15) is 9.59 Å². The van der Waals surface area contributed by atoms with Crippen molar-refractivity contribution in [3.8, 4) is 5.75 Å². The Balaban J connectivity index is 1.78. The molecule has 2 fully saturated rings. The minimum atomic E-state index is -0.464. The summed E-state index contributed by atoms with van der Waals surface area (Å²) in [6, 6.07) is 11.2. The normalized spacial score (nSPS) is 26.8. The lowest BCUT2D eigenvalue weighted by molar-refractivity contribution is -0.123. The Morgan fingerprint density at radius 1 is 1.24 bits per heavy atom. The second-order valence-electron chi connectivity index (χ2n) is 8.17. The summed E-state index contributed by atoms with van der Waals surface area (Å²) < 4.78 is 5.41. The first kappa shape index (κ1) is 19.4. The summed E-state index contributed by atoms with van der Waals surface area (Å²) in [6.45, 7) is 2.08. The average molecular weight is 393 g/mol. The zero-order valence-electron chi connectivity index (χ0n) is 16.9. The minimum Gasteiger partial charge on any atom is -0.497 e. The van der Waals surface area contributed by atoms with Gasteiger partial charge in [-0.05, 0) is 56.0 Å². The van der Waals surface area contributed by atoms with Crippen molar-refractivity contribution < 1.29 is 14.3 Å². The zero-order valence-corrected chi connectivity index (χ0v) is 16.9. The Bertz CT molecular complexity index is 901. The summed E-state index contributed by atoms with van der Waals surface area (Å²) in [5, 5.41) is 3.25. The molecule has 0 unspecified atom stereocenters. The lowest BCUT2D eigenvalue weighted by atomic mass is 9.85. The van der Waals surface area contributed by atoms with Gasteiger partial charge in [-0.25, -0.2) is 0 Å². The first-order valence-corrected chi connectivity index (χ1v) is 10.2. The maximum absolute atomic E-state index is 13.6. The number of benzene rings is 1. The number of fused-ring (bicyclic) bond motifs is 1. The van der Waals surface area contributed by atoms with Crippen molar-refractivity contribution in [2.45, 2.75) is 56.7 Å². The van der Waals surface area contributed by atoms with Crippen LogP contribution in [-0.2, 0) is 4.79 Å². The van der Waals surface area contributed by atoms with Gasteiger partial charge in [0, 0.05) is 24.4 Å². The van der Waals surface area contributed by atoms with Crippen LogP contribution in [-0.4, -0.2) is 40.4 Å². The number of amides is 2. The third kappa shape index (κ3) is 3.71. The van der Waals surface area contributed by atoms with E-state index in [2.05, 4.69) is 17.2 Å². The van der Waals surface area contributed by atoms with Crippen molar-refractivity contribution >= 4 is 11.8 Å². The third-order valence-corrected chi connectivity index (χ3v) is 6.22. The number of nitrogens with one attached hydrogen (secondary N) is 1. The summed E-state index contributed by atoms with van der Waals surface area (Å²) in [6.07, 6.45) is 7.15. The molecule has 2 aliphatic heterocycles. The number of likely N-dealkylation sites (tertiary alicyclic amines) is 1. The van der Waals surface area contributed by atoms with Crippen LogP contribution in [0.5, 0.6) is 5.75 Å². The maximum atomic E-state index is 13.6. The molecule has 0 radical (unpaired) electrons. The number of rotatable bonds is 3. The van der Waals surface area contributed by atoms with Gasteiger partial charge in [0.25, 0.3) is 5.91 Å². The van der Waals surface area contributed by atoms with Crippen LogP contribution in [0.3, 0.4) is 0 Å². The molecule has 2 aromatic rings. The Morgan fingerprint density at radius 3 is 2.79 bits per heavy atom. The van der Waals surface area contributed by atoms with Crippen LogP contribution < -0.4 is 10.1 Å². The van der Waals surface area contributed by atoms with Crippen molar-refractivity contribution in [3.63, 3.8) is 0 Å². The number of carbonyl (C=O) groups is 2. The van der Waals surface area contributed by atoms with E-state index in [0.717, 1.165) is 30.6 Å². The monoisotopic (exact) mass is 393 g/mol. The van der Waals surface area contributed by atoms with E-state index in [0.29, 0.717) is 18.4 Å². The van der Waals surface area contributed by atoms with Gasteiger partial charge in [-0.1, -0.05) is 18.6 Å². The molecular weight excluding hydrogens is 366 g/mol. The smallest absolute Gasteiger partial charge is 0.254 e. The van der Waals surface area contributed by atoms with E-state index >= 15 is 0 Å². The molecule has 152 valence electrons. The molecule has 2 aliphatic rings. The highest BCUT2D eigenvalue weighted by atomic mass is 16.5. The highest BCUT2D eigenvalue weighted by Gasteiger charge is 2.52. The van der Waals surface area contributed by atoms with E-state index in [1.165, 1.54) is 0 Å². The highest BCUT2D eigenvalue weighted by molar-refractivity contribution is 5.95. The van der Waals surface area contributed by atoms with E-state index in [4.69, 9.17) is 4.74 Å². The molecule has 2 saturated heterocycles. The number of methoxy groups -OCH3 is 1. The Morgan fingerprint density at radius 2 is 2.03 bits per heavy atom. The molecule has 1 aromatic heterocycles. The first-order chi connectivity index (χ1) is 14.0. The summed E-state index contributed by atoms with van der Waals surface area (Å²) in [5.74, 6) is 0.806. The highest BCUT2D eigenvalue weighted by Crippen LogP contribution is 2.46. The number of carbonyl (C=O) groups excluding carboxylic acids is 2. The van der Waals surface area contributed by atoms with Gasteiger partial charge in [0.15, 0.2) is 0 Å². The van der Waals surface area contributed by atoms with Crippen molar-refractivity contribution in [3.05, 3.63) is 59.9 Å². The van der Waals surface area contributed by atoms with Gasteiger partial charge in [0.05, 0.1) is 24.7 Å². The molecule has 1 N–H and O–H groups in total. The molecule has 3 atom stereocenters. The van der Waals surface area contributed by atoms with Crippen LogP contribution in [0.4, 0.5) is 0 Å². The Hall–Kier alpha value is -2.89. The maximum Gasteiger partial charge on any atom is 0.254 e. The Kier molecular flexibility index (Phi) is 5.26. The van der Waals surface area contributed by atoms with Crippen LogP contribution >= 0.6 is 0 Å². The largest absolute Gasteiger partial charge is 0.497 e. The second kappa shape index (κ2) is 7.85. The second-order valence-corrected chi connectivity index (χ2v) is 8.17. The number of hydrogen-bond acceptors (Lipinski definition) is 4. The van der Waals surface area contributed by atoms with Gasteiger partial charge in [-0.2, -0.15) is 0 Å². The molecule has 0 bridgehead atoms. The summed E-state index contributed by atoms with van der Waals surface area (Å²) in [5.41, 5.74) is 1.17. The van der Waals surface area contributed by atoms with Crippen molar-refractivity contribution in [2.75, 3.05) is 7.11 Å². The van der Waals surface area contributed by atoms with E-state index in [-0.39, 0.29) is 23.9 Å². The summed E-state index contributed by atoms with van der Waals surface area (Å²) in [4.78, 5) is 32.1. The van der Waals surface area contributed by atoms with Gasteiger partial charge in [0.1, 0.15) is 5.75 Å².